The smallest absolute Gasteiger partial charge is 0.162 e. The lowest BCUT2D eigenvalue weighted by atomic mass is 9.96. The summed E-state index contributed by atoms with van der Waals surface area (Å²) in [6.45, 7) is 2.20. The Morgan fingerprint density at radius 1 is 0.591 bits per heavy atom. The maximum atomic E-state index is 6.97. The molecule has 0 saturated carbocycles. The number of hydrogen-bond donors (Lipinski definition) is 2. The van der Waals surface area contributed by atoms with Crippen molar-refractivity contribution in [1.82, 2.24) is 14.9 Å². The molecular formula is C60H45N5O. The van der Waals surface area contributed by atoms with E-state index in [9.17, 15) is 0 Å². The van der Waals surface area contributed by atoms with Crippen LogP contribution in [0.2, 0.25) is 0 Å². The molecule has 0 radical (unpaired) electrons. The molecule has 0 fully saturated rings. The van der Waals surface area contributed by atoms with E-state index in [-0.39, 0.29) is 6.04 Å². The zero-order valence-corrected chi connectivity index (χ0v) is 36.4. The number of rotatable bonds is 10. The molecule has 2 unspecified atom stereocenters. The third-order valence-electron chi connectivity index (χ3n) is 13.2. The first kappa shape index (κ1) is 39.3. The van der Waals surface area contributed by atoms with E-state index >= 15 is 0 Å². The van der Waals surface area contributed by atoms with Crippen LogP contribution in [0, 0.1) is 0 Å². The van der Waals surface area contributed by atoms with Crippen LogP contribution in [0.4, 0.5) is 0 Å². The summed E-state index contributed by atoms with van der Waals surface area (Å²) in [5.41, 5.74) is 20.1. The van der Waals surface area contributed by atoms with E-state index in [0.717, 1.165) is 83.8 Å². The Labute approximate surface area is 382 Å². The zero-order chi connectivity index (χ0) is 44.1. The molecule has 9 aromatic carbocycles. The van der Waals surface area contributed by atoms with Crippen molar-refractivity contribution in [3.8, 4) is 28.1 Å². The summed E-state index contributed by atoms with van der Waals surface area (Å²) in [6, 6.07) is 74.6. The van der Waals surface area contributed by atoms with Gasteiger partial charge in [-0.3, -0.25) is 5.32 Å². The van der Waals surface area contributed by atoms with Crippen molar-refractivity contribution in [3.63, 3.8) is 0 Å². The summed E-state index contributed by atoms with van der Waals surface area (Å²) in [6.07, 6.45) is 0.484. The summed E-state index contributed by atoms with van der Waals surface area (Å²) >= 11 is 0. The van der Waals surface area contributed by atoms with Crippen molar-refractivity contribution < 1.29 is 4.42 Å². The number of nitrogens with zero attached hydrogens (tertiary/aromatic N) is 3. The number of aliphatic imine (C=N–C) groups is 1. The number of para-hydroxylation sites is 3. The number of nitrogens with one attached hydrogen (secondary N) is 1. The number of nitrogens with two attached hydrogens (primary N) is 1. The highest BCUT2D eigenvalue weighted by molar-refractivity contribution is 6.22. The van der Waals surface area contributed by atoms with Gasteiger partial charge in [0.1, 0.15) is 23.3 Å². The molecule has 3 N–H and O–H groups in total. The highest BCUT2D eigenvalue weighted by Gasteiger charge is 2.21. The Kier molecular flexibility index (Phi) is 9.73. The van der Waals surface area contributed by atoms with Gasteiger partial charge >= 0.3 is 0 Å². The number of aromatic nitrogens is 2. The fourth-order valence-corrected chi connectivity index (χ4v) is 9.87. The van der Waals surface area contributed by atoms with Crippen LogP contribution in [-0.4, -0.2) is 15.4 Å². The first-order valence-electron chi connectivity index (χ1n) is 22.7. The first-order chi connectivity index (χ1) is 32.6. The van der Waals surface area contributed by atoms with E-state index < -0.39 is 6.17 Å². The molecule has 12 rings (SSSR count). The molecule has 0 amide bonds. The molecule has 0 spiro atoms. The van der Waals surface area contributed by atoms with Gasteiger partial charge in [-0.1, -0.05) is 177 Å². The predicted molar refractivity (Wildman–Crippen MR) is 274 cm³/mol. The van der Waals surface area contributed by atoms with Gasteiger partial charge in [0.15, 0.2) is 5.58 Å². The number of fused-ring (bicyclic) bond motifs is 9. The van der Waals surface area contributed by atoms with Gasteiger partial charge in [0, 0.05) is 49.8 Å². The zero-order valence-electron chi connectivity index (χ0n) is 36.4. The molecule has 2 atom stereocenters. The van der Waals surface area contributed by atoms with E-state index in [2.05, 4.69) is 217 Å². The second-order valence-electron chi connectivity index (χ2n) is 17.0. The van der Waals surface area contributed by atoms with Gasteiger partial charge in [0.25, 0.3) is 0 Å². The van der Waals surface area contributed by atoms with Gasteiger partial charge < -0.3 is 14.7 Å². The molecule has 6 heteroatoms. The topological polar surface area (TPSA) is 81.4 Å². The second kappa shape index (κ2) is 16.3. The molecule has 0 aliphatic rings. The van der Waals surface area contributed by atoms with Gasteiger partial charge in [-0.25, -0.2) is 9.98 Å². The van der Waals surface area contributed by atoms with Gasteiger partial charge in [-0.05, 0) is 81.9 Å². The van der Waals surface area contributed by atoms with Gasteiger partial charge in [0.05, 0.1) is 16.6 Å². The van der Waals surface area contributed by atoms with E-state index in [1.807, 2.05) is 12.1 Å². The van der Waals surface area contributed by atoms with Crippen LogP contribution in [0.15, 0.2) is 222 Å². The van der Waals surface area contributed by atoms with Crippen LogP contribution < -0.4 is 11.1 Å². The monoisotopic (exact) mass is 851 g/mol. The highest BCUT2D eigenvalue weighted by atomic mass is 16.3. The van der Waals surface area contributed by atoms with Gasteiger partial charge in [-0.2, -0.15) is 0 Å². The fraction of sp³-hybridized carbons (Fsp3) is 0.0667. The maximum Gasteiger partial charge on any atom is 0.162 e. The van der Waals surface area contributed by atoms with E-state index in [1.165, 1.54) is 32.8 Å². The lowest BCUT2D eigenvalue weighted by molar-refractivity contribution is 0.445. The van der Waals surface area contributed by atoms with Crippen molar-refractivity contribution in [2.75, 3.05) is 0 Å². The number of furan rings is 1. The van der Waals surface area contributed by atoms with Crippen molar-refractivity contribution >= 4 is 71.3 Å². The summed E-state index contributed by atoms with van der Waals surface area (Å²) in [5, 5.41) is 11.8. The summed E-state index contributed by atoms with van der Waals surface area (Å²) in [7, 11) is 0. The highest BCUT2D eigenvalue weighted by Crippen LogP contribution is 2.42. The van der Waals surface area contributed by atoms with Crippen molar-refractivity contribution in [2.24, 2.45) is 10.7 Å². The average molecular weight is 852 g/mol. The minimum atomic E-state index is -0.402. The molecule has 316 valence electrons. The van der Waals surface area contributed by atoms with E-state index in [0.29, 0.717) is 5.84 Å². The normalized spacial score (nSPS) is 13.1. The minimum absolute atomic E-state index is 0.0662. The molecule has 0 aliphatic heterocycles. The summed E-state index contributed by atoms with van der Waals surface area (Å²) in [5.74, 6) is 0.462. The van der Waals surface area contributed by atoms with E-state index in [1.54, 1.807) is 0 Å². The Morgan fingerprint density at radius 3 is 1.97 bits per heavy atom. The molecule has 66 heavy (non-hydrogen) atoms. The second-order valence-corrected chi connectivity index (χ2v) is 17.0. The molecule has 3 heterocycles. The fourth-order valence-electron chi connectivity index (χ4n) is 9.87. The summed E-state index contributed by atoms with van der Waals surface area (Å²) in [4.78, 5) is 10.5. The number of amidine groups is 1. The molecule has 12 aromatic rings. The third kappa shape index (κ3) is 6.78. The lowest BCUT2D eigenvalue weighted by Crippen LogP contribution is -2.27. The van der Waals surface area contributed by atoms with Crippen molar-refractivity contribution in [1.29, 1.82) is 0 Å². The molecule has 0 aliphatic carbocycles. The van der Waals surface area contributed by atoms with Crippen LogP contribution in [0.3, 0.4) is 0 Å². The number of benzene rings is 9. The summed E-state index contributed by atoms with van der Waals surface area (Å²) < 4.78 is 9.00. The number of pyridine rings is 1. The Balaban J connectivity index is 0.903. The average Bonchev–Trinajstić information content (AvgIpc) is 3.94. The molecule has 3 aromatic heterocycles. The molecule has 0 saturated heterocycles. The lowest BCUT2D eigenvalue weighted by Gasteiger charge is -2.24. The molecule has 0 bridgehead atoms. The minimum Gasteiger partial charge on any atom is -0.454 e. The third-order valence-corrected chi connectivity index (χ3v) is 13.2. The Bertz CT molecular complexity index is 3730. The first-order valence-corrected chi connectivity index (χ1v) is 22.7. The van der Waals surface area contributed by atoms with Crippen LogP contribution in [0.25, 0.3) is 93.5 Å². The van der Waals surface area contributed by atoms with E-state index in [4.69, 9.17) is 20.1 Å². The van der Waals surface area contributed by atoms with Crippen LogP contribution in [-0.2, 0) is 0 Å². The van der Waals surface area contributed by atoms with Crippen LogP contribution >= 0.6 is 0 Å². The molecule has 6 nitrogen and oxygen atoms in total. The van der Waals surface area contributed by atoms with Gasteiger partial charge in [-0.15, -0.1) is 0 Å². The Morgan fingerprint density at radius 2 is 1.23 bits per heavy atom. The molecular weight excluding hydrogens is 807 g/mol. The quantitative estimate of drug-likeness (QED) is 0.106. The van der Waals surface area contributed by atoms with Crippen molar-refractivity contribution in [3.05, 3.63) is 229 Å². The Hall–Kier alpha value is -8.32. The van der Waals surface area contributed by atoms with Crippen molar-refractivity contribution in [2.45, 2.75) is 25.6 Å². The number of hydrogen-bond acceptors (Lipinski definition) is 4. The standard InChI is InChI=1S/C60H45N5O/c1-2-51(40-16-4-3-5-17-40)63-60(42-31-34-44(35-32-42)65-53-24-11-8-20-46(53)47-21-9-12-25-54(47)65)64-59(61)41-29-27-38(28-30-41)43-33-36-52-50(37-43)56-49-22-10-13-26-55(49)66-58(56)57(62-52)48-23-14-18-39-15-6-7-19-45(39)48/h3-37,51,60,63H,2H2,1H3,(H2,61,64). The van der Waals surface area contributed by atoms with Crippen LogP contribution in [0.5, 0.6) is 0 Å². The van der Waals surface area contributed by atoms with Crippen LogP contribution in [0.1, 0.15) is 42.2 Å². The SMILES string of the molecule is CCC(NC(/N=C(\N)c1ccc(-c2ccc3nc(-c4cccc5ccccc45)c4oc5ccccc5c4c3c2)cc1)c1ccc(-n2c3ccccc3c3ccccc32)cc1)c1ccccc1. The van der Waals surface area contributed by atoms with Gasteiger partial charge in [0.2, 0.25) is 0 Å². The largest absolute Gasteiger partial charge is 0.454 e. The maximum absolute atomic E-state index is 6.97. The predicted octanol–water partition coefficient (Wildman–Crippen LogP) is 14.9.